The van der Waals surface area contributed by atoms with Crippen molar-refractivity contribution in [3.8, 4) is 0 Å². The van der Waals surface area contributed by atoms with E-state index in [1.54, 1.807) is 0 Å². The summed E-state index contributed by atoms with van der Waals surface area (Å²) in [4.78, 5) is 22.8. The van der Waals surface area contributed by atoms with Crippen molar-refractivity contribution >= 4 is 21.7 Å². The standard InChI is InChI=1S/C13H23NO5S/c1-10(20(2,18)19)12(17)14-9-13(8-11(15)16)6-4-3-5-7-13/h10H,3-9H2,1-2H3,(H,14,17)(H,15,16). The fourth-order valence-corrected chi connectivity index (χ4v) is 3.12. The number of rotatable bonds is 6. The molecule has 0 aliphatic heterocycles. The van der Waals surface area contributed by atoms with E-state index in [0.717, 1.165) is 38.4 Å². The SMILES string of the molecule is CC(C(=O)NCC1(CC(=O)O)CCCCC1)S(C)(=O)=O. The molecular formula is C13H23NO5S. The molecule has 1 unspecified atom stereocenters. The number of carbonyl (C=O) groups is 2. The second-order valence-electron chi connectivity index (χ2n) is 5.82. The first-order valence-corrected chi connectivity index (χ1v) is 8.80. The second kappa shape index (κ2) is 6.56. The largest absolute Gasteiger partial charge is 0.481 e. The Kier molecular flexibility index (Phi) is 5.56. The number of sulfone groups is 1. The van der Waals surface area contributed by atoms with E-state index in [0.29, 0.717) is 0 Å². The summed E-state index contributed by atoms with van der Waals surface area (Å²) in [7, 11) is -3.43. The fourth-order valence-electron chi connectivity index (χ4n) is 2.65. The smallest absolute Gasteiger partial charge is 0.303 e. The number of aliphatic carboxylic acids is 1. The van der Waals surface area contributed by atoms with Crippen LogP contribution >= 0.6 is 0 Å². The molecule has 1 aliphatic carbocycles. The van der Waals surface area contributed by atoms with Crippen LogP contribution in [-0.4, -0.2) is 43.5 Å². The molecule has 116 valence electrons. The van der Waals surface area contributed by atoms with Crippen molar-refractivity contribution in [1.29, 1.82) is 0 Å². The van der Waals surface area contributed by atoms with Crippen LogP contribution < -0.4 is 5.32 Å². The zero-order valence-corrected chi connectivity index (χ0v) is 12.8. The van der Waals surface area contributed by atoms with Crippen LogP contribution in [0.3, 0.4) is 0 Å². The van der Waals surface area contributed by atoms with E-state index in [2.05, 4.69) is 5.32 Å². The van der Waals surface area contributed by atoms with Gasteiger partial charge in [0.15, 0.2) is 9.84 Å². The van der Waals surface area contributed by atoms with Gasteiger partial charge in [0.2, 0.25) is 5.91 Å². The van der Waals surface area contributed by atoms with E-state index < -0.39 is 32.4 Å². The Hall–Kier alpha value is -1.11. The minimum atomic E-state index is -3.43. The maximum Gasteiger partial charge on any atom is 0.303 e. The van der Waals surface area contributed by atoms with E-state index in [1.165, 1.54) is 6.92 Å². The molecule has 6 nitrogen and oxygen atoms in total. The van der Waals surface area contributed by atoms with Gasteiger partial charge in [0.05, 0.1) is 6.42 Å². The quantitative estimate of drug-likeness (QED) is 0.761. The molecule has 0 heterocycles. The van der Waals surface area contributed by atoms with E-state index >= 15 is 0 Å². The average Bonchev–Trinajstić information content (AvgIpc) is 2.34. The summed E-state index contributed by atoms with van der Waals surface area (Å²) in [5.74, 6) is -1.43. The molecule has 1 amide bonds. The number of carbonyl (C=O) groups excluding carboxylic acids is 1. The first-order chi connectivity index (χ1) is 9.16. The van der Waals surface area contributed by atoms with Gasteiger partial charge in [-0.25, -0.2) is 8.42 Å². The van der Waals surface area contributed by atoms with Gasteiger partial charge in [0.1, 0.15) is 5.25 Å². The molecule has 0 radical (unpaired) electrons. The molecule has 0 spiro atoms. The lowest BCUT2D eigenvalue weighted by molar-refractivity contribution is -0.140. The van der Waals surface area contributed by atoms with Gasteiger partial charge >= 0.3 is 5.97 Å². The molecule has 1 atom stereocenters. The molecule has 0 aromatic rings. The van der Waals surface area contributed by atoms with Gasteiger partial charge in [0.25, 0.3) is 0 Å². The van der Waals surface area contributed by atoms with E-state index in [9.17, 15) is 18.0 Å². The van der Waals surface area contributed by atoms with Crippen LogP contribution in [0, 0.1) is 5.41 Å². The Morgan fingerprint density at radius 3 is 2.25 bits per heavy atom. The third kappa shape index (κ3) is 4.77. The van der Waals surface area contributed by atoms with Gasteiger partial charge in [-0.15, -0.1) is 0 Å². The van der Waals surface area contributed by atoms with Gasteiger partial charge in [-0.1, -0.05) is 19.3 Å². The molecular weight excluding hydrogens is 282 g/mol. The predicted molar refractivity (Wildman–Crippen MR) is 75.1 cm³/mol. The lowest BCUT2D eigenvalue weighted by Crippen LogP contribution is -2.45. The fraction of sp³-hybridized carbons (Fsp3) is 0.846. The summed E-state index contributed by atoms with van der Waals surface area (Å²) >= 11 is 0. The average molecular weight is 305 g/mol. The van der Waals surface area contributed by atoms with E-state index in [4.69, 9.17) is 5.11 Å². The maximum atomic E-state index is 11.8. The second-order valence-corrected chi connectivity index (χ2v) is 8.19. The first kappa shape index (κ1) is 16.9. The highest BCUT2D eigenvalue weighted by Crippen LogP contribution is 2.38. The first-order valence-electron chi connectivity index (χ1n) is 6.85. The van der Waals surface area contributed by atoms with Crippen LogP contribution in [0.25, 0.3) is 0 Å². The Balaban J connectivity index is 2.67. The lowest BCUT2D eigenvalue weighted by atomic mass is 9.71. The third-order valence-corrected chi connectivity index (χ3v) is 5.59. The molecule has 7 heteroatoms. The summed E-state index contributed by atoms with van der Waals surface area (Å²) in [5.41, 5.74) is -0.434. The minimum absolute atomic E-state index is 0.0144. The zero-order chi connectivity index (χ0) is 15.4. The lowest BCUT2D eigenvalue weighted by Gasteiger charge is -2.36. The number of nitrogens with one attached hydrogen (secondary N) is 1. The molecule has 0 bridgehead atoms. The third-order valence-electron chi connectivity index (χ3n) is 4.09. The molecule has 1 fully saturated rings. The number of hydrogen-bond acceptors (Lipinski definition) is 4. The Bertz CT molecular complexity index is 465. The highest BCUT2D eigenvalue weighted by Gasteiger charge is 2.35. The summed E-state index contributed by atoms with van der Waals surface area (Å²) < 4.78 is 22.7. The predicted octanol–water partition coefficient (Wildman–Crippen LogP) is 0.961. The van der Waals surface area contributed by atoms with Crippen molar-refractivity contribution in [3.63, 3.8) is 0 Å². The number of carboxylic acid groups (broad SMARTS) is 1. The Morgan fingerprint density at radius 2 is 1.80 bits per heavy atom. The van der Waals surface area contributed by atoms with Crippen LogP contribution in [0.5, 0.6) is 0 Å². The molecule has 20 heavy (non-hydrogen) atoms. The molecule has 1 saturated carbocycles. The topological polar surface area (TPSA) is 101 Å². The summed E-state index contributed by atoms with van der Waals surface area (Å²) in [6.07, 6.45) is 5.52. The van der Waals surface area contributed by atoms with Gasteiger partial charge < -0.3 is 10.4 Å². The van der Waals surface area contributed by atoms with Crippen molar-refractivity contribution in [2.45, 2.75) is 50.7 Å². The van der Waals surface area contributed by atoms with Gasteiger partial charge in [-0.05, 0) is 25.2 Å². The van der Waals surface area contributed by atoms with Gasteiger partial charge in [-0.2, -0.15) is 0 Å². The van der Waals surface area contributed by atoms with Crippen molar-refractivity contribution in [3.05, 3.63) is 0 Å². The summed E-state index contributed by atoms with van der Waals surface area (Å²) in [5, 5.41) is 10.5. The van der Waals surface area contributed by atoms with Crippen LogP contribution in [0.2, 0.25) is 0 Å². The Morgan fingerprint density at radius 1 is 1.25 bits per heavy atom. The summed E-state index contributed by atoms with van der Waals surface area (Å²) in [6.45, 7) is 1.58. The maximum absolute atomic E-state index is 11.8. The van der Waals surface area contributed by atoms with Crippen LogP contribution in [0.15, 0.2) is 0 Å². The summed E-state index contributed by atoms with van der Waals surface area (Å²) in [6, 6.07) is 0. The normalized spacial score (nSPS) is 20.1. The van der Waals surface area contributed by atoms with Gasteiger partial charge in [-0.3, -0.25) is 9.59 Å². The molecule has 0 aromatic heterocycles. The van der Waals surface area contributed by atoms with Crippen molar-refractivity contribution in [2.24, 2.45) is 5.41 Å². The van der Waals surface area contributed by atoms with Crippen LogP contribution in [-0.2, 0) is 19.4 Å². The van der Waals surface area contributed by atoms with Gasteiger partial charge in [0, 0.05) is 12.8 Å². The molecule has 1 aliphatic rings. The molecule has 1 rings (SSSR count). The monoisotopic (exact) mass is 305 g/mol. The van der Waals surface area contributed by atoms with Crippen molar-refractivity contribution in [2.75, 3.05) is 12.8 Å². The number of hydrogen-bond donors (Lipinski definition) is 2. The molecule has 0 aromatic carbocycles. The highest BCUT2D eigenvalue weighted by molar-refractivity contribution is 7.92. The van der Waals surface area contributed by atoms with Crippen molar-refractivity contribution in [1.82, 2.24) is 5.32 Å². The zero-order valence-electron chi connectivity index (χ0n) is 12.0. The highest BCUT2D eigenvalue weighted by atomic mass is 32.2. The van der Waals surface area contributed by atoms with Crippen LogP contribution in [0.4, 0.5) is 0 Å². The molecule has 0 saturated heterocycles. The van der Waals surface area contributed by atoms with E-state index in [-0.39, 0.29) is 13.0 Å². The minimum Gasteiger partial charge on any atom is -0.481 e. The van der Waals surface area contributed by atoms with E-state index in [1.807, 2.05) is 0 Å². The number of carboxylic acids is 1. The number of amides is 1. The van der Waals surface area contributed by atoms with Crippen molar-refractivity contribution < 1.29 is 23.1 Å². The Labute approximate surface area is 119 Å². The molecule has 2 N–H and O–H groups in total. The van der Waals surface area contributed by atoms with Crippen LogP contribution in [0.1, 0.15) is 45.4 Å².